The van der Waals surface area contributed by atoms with Gasteiger partial charge >= 0.3 is 0 Å². The SMILES string of the molecule is O=C(CCOc1ccccc1)N1C[C@@H](Cc2ccncc2)[C@H](O)C1. The fourth-order valence-electron chi connectivity index (χ4n) is 3.01. The van der Waals surface area contributed by atoms with Gasteiger partial charge in [0.1, 0.15) is 5.75 Å². The van der Waals surface area contributed by atoms with Crippen LogP contribution in [0.25, 0.3) is 0 Å². The number of hydrogen-bond donors (Lipinski definition) is 1. The van der Waals surface area contributed by atoms with E-state index in [9.17, 15) is 9.90 Å². The van der Waals surface area contributed by atoms with E-state index < -0.39 is 6.10 Å². The van der Waals surface area contributed by atoms with Crippen LogP contribution >= 0.6 is 0 Å². The first kappa shape index (κ1) is 16.5. The molecule has 0 aliphatic carbocycles. The van der Waals surface area contributed by atoms with Gasteiger partial charge in [-0.15, -0.1) is 0 Å². The Morgan fingerprint density at radius 1 is 1.17 bits per heavy atom. The number of ether oxygens (including phenoxy) is 1. The van der Waals surface area contributed by atoms with E-state index in [2.05, 4.69) is 4.98 Å². The summed E-state index contributed by atoms with van der Waals surface area (Å²) >= 11 is 0. The molecule has 0 bridgehead atoms. The summed E-state index contributed by atoms with van der Waals surface area (Å²) in [5, 5.41) is 10.2. The van der Waals surface area contributed by atoms with Crippen LogP contribution in [0.4, 0.5) is 0 Å². The van der Waals surface area contributed by atoms with Crippen molar-refractivity contribution in [2.75, 3.05) is 19.7 Å². The van der Waals surface area contributed by atoms with Gasteiger partial charge in [0.2, 0.25) is 5.91 Å². The number of amides is 1. The predicted molar refractivity (Wildman–Crippen MR) is 90.6 cm³/mol. The molecule has 24 heavy (non-hydrogen) atoms. The van der Waals surface area contributed by atoms with Gasteiger partial charge < -0.3 is 14.7 Å². The monoisotopic (exact) mass is 326 g/mol. The number of aliphatic hydroxyl groups excluding tert-OH is 1. The van der Waals surface area contributed by atoms with E-state index in [0.29, 0.717) is 26.1 Å². The summed E-state index contributed by atoms with van der Waals surface area (Å²) in [4.78, 5) is 18.0. The molecule has 1 aromatic carbocycles. The number of nitrogens with zero attached hydrogens (tertiary/aromatic N) is 2. The van der Waals surface area contributed by atoms with Crippen molar-refractivity contribution in [3.05, 3.63) is 60.4 Å². The molecule has 1 N–H and O–H groups in total. The average molecular weight is 326 g/mol. The molecule has 0 saturated carbocycles. The molecule has 1 fully saturated rings. The minimum Gasteiger partial charge on any atom is -0.493 e. The van der Waals surface area contributed by atoms with Crippen LogP contribution in [0.15, 0.2) is 54.9 Å². The molecule has 0 unspecified atom stereocenters. The first-order chi connectivity index (χ1) is 11.7. The number of rotatable bonds is 6. The summed E-state index contributed by atoms with van der Waals surface area (Å²) in [6.45, 7) is 1.35. The highest BCUT2D eigenvalue weighted by Crippen LogP contribution is 2.22. The van der Waals surface area contributed by atoms with Gasteiger partial charge in [0.25, 0.3) is 0 Å². The van der Waals surface area contributed by atoms with Crippen LogP contribution in [0.3, 0.4) is 0 Å². The third-order valence-corrected chi connectivity index (χ3v) is 4.33. The minimum atomic E-state index is -0.475. The molecular weight excluding hydrogens is 304 g/mol. The number of carbonyl (C=O) groups is 1. The average Bonchev–Trinajstić information content (AvgIpc) is 2.97. The summed E-state index contributed by atoms with van der Waals surface area (Å²) < 4.78 is 5.57. The van der Waals surface area contributed by atoms with Gasteiger partial charge in [-0.25, -0.2) is 0 Å². The number of hydrogen-bond acceptors (Lipinski definition) is 4. The summed E-state index contributed by atoms with van der Waals surface area (Å²) in [5.41, 5.74) is 1.13. The standard InChI is InChI=1S/C19H22N2O3/c22-18-14-21(13-16(18)12-15-6-9-20-10-7-15)19(23)8-11-24-17-4-2-1-3-5-17/h1-7,9-10,16,18,22H,8,11-14H2/t16-,18-/m1/s1. The van der Waals surface area contributed by atoms with Gasteiger partial charge in [-0.05, 0) is 36.2 Å². The molecular formula is C19H22N2O3. The Balaban J connectivity index is 1.46. The Morgan fingerprint density at radius 3 is 2.67 bits per heavy atom. The third kappa shape index (κ3) is 4.32. The van der Waals surface area contributed by atoms with Gasteiger partial charge in [-0.3, -0.25) is 9.78 Å². The van der Waals surface area contributed by atoms with Crippen molar-refractivity contribution in [1.82, 2.24) is 9.88 Å². The molecule has 5 nitrogen and oxygen atoms in total. The first-order valence-electron chi connectivity index (χ1n) is 8.25. The Labute approximate surface area is 141 Å². The van der Waals surface area contributed by atoms with Crippen LogP contribution in [0.1, 0.15) is 12.0 Å². The molecule has 1 aliphatic heterocycles. The van der Waals surface area contributed by atoms with Crippen LogP contribution in [0, 0.1) is 5.92 Å². The molecule has 2 atom stereocenters. The van der Waals surface area contributed by atoms with Gasteiger partial charge in [0.15, 0.2) is 0 Å². The van der Waals surface area contributed by atoms with Crippen molar-refractivity contribution < 1.29 is 14.6 Å². The van der Waals surface area contributed by atoms with E-state index in [1.807, 2.05) is 42.5 Å². The summed E-state index contributed by atoms with van der Waals surface area (Å²) in [6.07, 6.45) is 4.11. The second-order valence-electron chi connectivity index (χ2n) is 6.10. The molecule has 3 rings (SSSR count). The fourth-order valence-corrected chi connectivity index (χ4v) is 3.01. The van der Waals surface area contributed by atoms with Crippen molar-refractivity contribution in [3.63, 3.8) is 0 Å². The number of benzene rings is 1. The summed E-state index contributed by atoms with van der Waals surface area (Å²) in [5.74, 6) is 0.871. The van der Waals surface area contributed by atoms with E-state index in [1.165, 1.54) is 0 Å². The quantitative estimate of drug-likeness (QED) is 0.881. The van der Waals surface area contributed by atoms with Crippen LogP contribution in [-0.4, -0.2) is 46.7 Å². The normalized spacial score (nSPS) is 20.1. The lowest BCUT2D eigenvalue weighted by Crippen LogP contribution is -2.30. The Kier molecular flexibility index (Phi) is 5.43. The zero-order chi connectivity index (χ0) is 16.8. The number of likely N-dealkylation sites (tertiary alicyclic amines) is 1. The second kappa shape index (κ2) is 7.93. The molecule has 0 spiro atoms. The second-order valence-corrected chi connectivity index (χ2v) is 6.10. The molecule has 1 amide bonds. The molecule has 126 valence electrons. The topological polar surface area (TPSA) is 62.7 Å². The van der Waals surface area contributed by atoms with Crippen LogP contribution in [0.2, 0.25) is 0 Å². The molecule has 2 heterocycles. The number of carbonyl (C=O) groups excluding carboxylic acids is 1. The van der Waals surface area contributed by atoms with E-state index in [0.717, 1.165) is 17.7 Å². The minimum absolute atomic E-state index is 0.0298. The van der Waals surface area contributed by atoms with Gasteiger partial charge in [0, 0.05) is 31.4 Å². The Morgan fingerprint density at radius 2 is 1.92 bits per heavy atom. The number of aliphatic hydroxyl groups is 1. The number of pyridine rings is 1. The maximum atomic E-state index is 12.3. The largest absolute Gasteiger partial charge is 0.493 e. The highest BCUT2D eigenvalue weighted by atomic mass is 16.5. The zero-order valence-electron chi connectivity index (χ0n) is 13.5. The van der Waals surface area contributed by atoms with E-state index in [-0.39, 0.29) is 11.8 Å². The lowest BCUT2D eigenvalue weighted by molar-refractivity contribution is -0.131. The van der Waals surface area contributed by atoms with Crippen LogP contribution in [0.5, 0.6) is 5.75 Å². The maximum Gasteiger partial charge on any atom is 0.226 e. The summed E-state index contributed by atoms with van der Waals surface area (Å²) in [7, 11) is 0. The van der Waals surface area contributed by atoms with E-state index >= 15 is 0 Å². The molecule has 5 heteroatoms. The van der Waals surface area contributed by atoms with Crippen molar-refractivity contribution in [3.8, 4) is 5.75 Å². The lowest BCUT2D eigenvalue weighted by atomic mass is 9.97. The third-order valence-electron chi connectivity index (χ3n) is 4.33. The fraction of sp³-hybridized carbons (Fsp3) is 0.368. The highest BCUT2D eigenvalue weighted by molar-refractivity contribution is 5.76. The zero-order valence-corrected chi connectivity index (χ0v) is 13.5. The van der Waals surface area contributed by atoms with Crippen LogP contribution < -0.4 is 4.74 Å². The van der Waals surface area contributed by atoms with Crippen LogP contribution in [-0.2, 0) is 11.2 Å². The van der Waals surface area contributed by atoms with Crippen molar-refractivity contribution in [1.29, 1.82) is 0 Å². The molecule has 1 aromatic heterocycles. The number of β-amino-alcohol motifs (C(OH)–C–C–N with tert-alkyl or cyclic N) is 1. The molecule has 2 aromatic rings. The van der Waals surface area contributed by atoms with Gasteiger partial charge in [-0.2, -0.15) is 0 Å². The predicted octanol–water partition coefficient (Wildman–Crippen LogP) is 1.91. The van der Waals surface area contributed by atoms with Gasteiger partial charge in [-0.1, -0.05) is 18.2 Å². The molecule has 1 saturated heterocycles. The first-order valence-corrected chi connectivity index (χ1v) is 8.25. The van der Waals surface area contributed by atoms with Gasteiger partial charge in [0.05, 0.1) is 19.1 Å². The van der Waals surface area contributed by atoms with Crippen molar-refractivity contribution in [2.24, 2.45) is 5.92 Å². The number of aromatic nitrogens is 1. The highest BCUT2D eigenvalue weighted by Gasteiger charge is 2.33. The van der Waals surface area contributed by atoms with E-state index in [4.69, 9.17) is 4.74 Å². The molecule has 1 aliphatic rings. The smallest absolute Gasteiger partial charge is 0.226 e. The molecule has 0 radical (unpaired) electrons. The van der Waals surface area contributed by atoms with E-state index in [1.54, 1.807) is 17.3 Å². The van der Waals surface area contributed by atoms with Crippen molar-refractivity contribution >= 4 is 5.91 Å². The maximum absolute atomic E-state index is 12.3. The Bertz CT molecular complexity index is 648. The lowest BCUT2D eigenvalue weighted by Gasteiger charge is -2.16. The number of para-hydroxylation sites is 1. The van der Waals surface area contributed by atoms with Crippen molar-refractivity contribution in [2.45, 2.75) is 18.9 Å². The Hall–Kier alpha value is -2.40. The summed E-state index contributed by atoms with van der Waals surface area (Å²) in [6, 6.07) is 13.4.